The normalized spacial score (nSPS) is 11.9. The van der Waals surface area contributed by atoms with E-state index in [9.17, 15) is 9.59 Å². The lowest BCUT2D eigenvalue weighted by Crippen LogP contribution is -3.06. The average molecular weight is 354 g/mol. The van der Waals surface area contributed by atoms with E-state index in [2.05, 4.69) is 10.6 Å². The van der Waals surface area contributed by atoms with Crippen LogP contribution in [0.15, 0.2) is 48.5 Å². The van der Waals surface area contributed by atoms with E-state index >= 15 is 0 Å². The highest BCUT2D eigenvalue weighted by molar-refractivity contribution is 5.96. The second-order valence-electron chi connectivity index (χ2n) is 6.92. The summed E-state index contributed by atoms with van der Waals surface area (Å²) >= 11 is 0. The lowest BCUT2D eigenvalue weighted by atomic mass is 10.1. The first-order valence-corrected chi connectivity index (χ1v) is 8.85. The molecule has 5 heteroatoms. The first-order chi connectivity index (χ1) is 12.4. The third kappa shape index (κ3) is 5.70. The molecule has 0 aliphatic heterocycles. The number of likely N-dealkylation sites (N-methyl/N-ethyl adjacent to an activating group) is 1. The molecule has 0 aliphatic carbocycles. The zero-order valence-electron chi connectivity index (χ0n) is 15.9. The Hall–Kier alpha value is -2.66. The van der Waals surface area contributed by atoms with Gasteiger partial charge in [-0.25, -0.2) is 0 Å². The van der Waals surface area contributed by atoms with Crippen molar-refractivity contribution >= 4 is 11.8 Å². The molecule has 0 bridgehead atoms. The van der Waals surface area contributed by atoms with Gasteiger partial charge in [0, 0.05) is 5.56 Å². The van der Waals surface area contributed by atoms with Crippen LogP contribution >= 0.6 is 0 Å². The van der Waals surface area contributed by atoms with E-state index in [-0.39, 0.29) is 24.4 Å². The van der Waals surface area contributed by atoms with Crippen LogP contribution in [0.4, 0.5) is 0 Å². The van der Waals surface area contributed by atoms with Crippen molar-refractivity contribution in [1.82, 2.24) is 10.6 Å². The number of nitrogens with one attached hydrogen (secondary N) is 3. The summed E-state index contributed by atoms with van der Waals surface area (Å²) in [6, 6.07) is 15.3. The Labute approximate surface area is 155 Å². The van der Waals surface area contributed by atoms with E-state index in [0.29, 0.717) is 5.56 Å². The molecule has 26 heavy (non-hydrogen) atoms. The predicted octanol–water partition coefficient (Wildman–Crippen LogP) is 1.04. The molecule has 0 saturated heterocycles. The number of carbonyl (C=O) groups excluding carboxylic acids is 2. The number of quaternary nitrogens is 1. The molecule has 2 amide bonds. The first-order valence-electron chi connectivity index (χ1n) is 8.85. The van der Waals surface area contributed by atoms with Gasteiger partial charge in [0.15, 0.2) is 0 Å². The quantitative estimate of drug-likeness (QED) is 0.696. The summed E-state index contributed by atoms with van der Waals surface area (Å²) in [6.45, 7) is 4.69. The number of hydrogen-bond donors (Lipinski definition) is 3. The van der Waals surface area contributed by atoms with E-state index < -0.39 is 0 Å². The lowest BCUT2D eigenvalue weighted by Gasteiger charge is -2.21. The Bertz CT molecular complexity index is 757. The fourth-order valence-corrected chi connectivity index (χ4v) is 2.74. The van der Waals surface area contributed by atoms with Gasteiger partial charge >= 0.3 is 0 Å². The number of benzene rings is 2. The van der Waals surface area contributed by atoms with E-state index in [4.69, 9.17) is 0 Å². The third-order valence-electron chi connectivity index (χ3n) is 4.33. The summed E-state index contributed by atoms with van der Waals surface area (Å²) in [5.74, 6) is -0.435. The molecule has 0 radical (unpaired) electrons. The number of aryl methyl sites for hydroxylation is 2. The molecule has 0 saturated carbocycles. The second-order valence-corrected chi connectivity index (χ2v) is 6.92. The van der Waals surface area contributed by atoms with Gasteiger partial charge in [-0.2, -0.15) is 0 Å². The monoisotopic (exact) mass is 354 g/mol. The molecule has 2 aromatic carbocycles. The summed E-state index contributed by atoms with van der Waals surface area (Å²) in [5, 5.41) is 5.72. The predicted molar refractivity (Wildman–Crippen MR) is 103 cm³/mol. The highest BCUT2D eigenvalue weighted by Crippen LogP contribution is 2.11. The number of amides is 2. The van der Waals surface area contributed by atoms with Crippen molar-refractivity contribution in [1.29, 1.82) is 0 Å². The zero-order chi connectivity index (χ0) is 19.1. The summed E-state index contributed by atoms with van der Waals surface area (Å²) in [7, 11) is 4.09. The van der Waals surface area contributed by atoms with Crippen LogP contribution in [-0.4, -0.2) is 39.0 Å². The van der Waals surface area contributed by atoms with Crippen LogP contribution in [0, 0.1) is 13.8 Å². The topological polar surface area (TPSA) is 62.6 Å². The van der Waals surface area contributed by atoms with Crippen LogP contribution < -0.4 is 15.5 Å². The maximum absolute atomic E-state index is 12.3. The van der Waals surface area contributed by atoms with E-state index in [0.717, 1.165) is 23.2 Å². The maximum Gasteiger partial charge on any atom is 0.251 e. The molecular weight excluding hydrogens is 326 g/mol. The Morgan fingerprint density at radius 1 is 1.00 bits per heavy atom. The standard InChI is InChI=1S/C21H27N3O2/c1-15-10-11-18(12-16(15)2)21(26)22-13-20(25)23-19(14-24(3)4)17-8-6-5-7-9-17/h5-12,19H,13-14H2,1-4H3,(H,22,26)(H,23,25)/p+1/t19-/m0/s1. The SMILES string of the molecule is Cc1ccc(C(=O)NCC(=O)N[C@@H](C[NH+](C)C)c2ccccc2)cc1C. The van der Waals surface area contributed by atoms with E-state index in [1.807, 2.05) is 70.4 Å². The lowest BCUT2D eigenvalue weighted by molar-refractivity contribution is -0.860. The van der Waals surface area contributed by atoms with Crippen molar-refractivity contribution in [3.05, 3.63) is 70.8 Å². The first kappa shape index (κ1) is 19.7. The molecule has 0 fully saturated rings. The van der Waals surface area contributed by atoms with Crippen molar-refractivity contribution in [3.63, 3.8) is 0 Å². The minimum atomic E-state index is -0.238. The highest BCUT2D eigenvalue weighted by atomic mass is 16.2. The van der Waals surface area contributed by atoms with Gasteiger partial charge in [-0.3, -0.25) is 9.59 Å². The Morgan fingerprint density at radius 2 is 1.69 bits per heavy atom. The molecule has 2 rings (SSSR count). The minimum Gasteiger partial charge on any atom is -0.343 e. The van der Waals surface area contributed by atoms with Crippen molar-refractivity contribution in [2.75, 3.05) is 27.2 Å². The summed E-state index contributed by atoms with van der Waals surface area (Å²) in [4.78, 5) is 25.8. The van der Waals surface area contributed by atoms with Crippen molar-refractivity contribution in [2.24, 2.45) is 0 Å². The Morgan fingerprint density at radius 3 is 2.31 bits per heavy atom. The van der Waals surface area contributed by atoms with Crippen molar-refractivity contribution in [3.8, 4) is 0 Å². The van der Waals surface area contributed by atoms with Gasteiger partial charge in [0.25, 0.3) is 5.91 Å². The van der Waals surface area contributed by atoms with Gasteiger partial charge in [0.05, 0.1) is 20.6 Å². The molecule has 3 N–H and O–H groups in total. The molecule has 138 valence electrons. The van der Waals surface area contributed by atoms with Crippen LogP contribution in [0.5, 0.6) is 0 Å². The van der Waals surface area contributed by atoms with Gasteiger partial charge < -0.3 is 15.5 Å². The molecule has 5 nitrogen and oxygen atoms in total. The van der Waals surface area contributed by atoms with Gasteiger partial charge in [0.2, 0.25) is 5.91 Å². The number of hydrogen-bond acceptors (Lipinski definition) is 2. The van der Waals surface area contributed by atoms with E-state index in [1.165, 1.54) is 4.90 Å². The Balaban J connectivity index is 1.95. The molecule has 0 spiro atoms. The van der Waals surface area contributed by atoms with Crippen molar-refractivity contribution in [2.45, 2.75) is 19.9 Å². The van der Waals surface area contributed by atoms with Crippen LogP contribution in [-0.2, 0) is 4.79 Å². The summed E-state index contributed by atoms with van der Waals surface area (Å²) in [6.07, 6.45) is 0. The van der Waals surface area contributed by atoms with Crippen LogP contribution in [0.3, 0.4) is 0 Å². The molecule has 0 aromatic heterocycles. The van der Waals surface area contributed by atoms with Gasteiger partial charge in [-0.15, -0.1) is 0 Å². The fraction of sp³-hybridized carbons (Fsp3) is 0.333. The molecule has 1 atom stereocenters. The molecule has 0 aliphatic rings. The second kappa shape index (κ2) is 9.15. The summed E-state index contributed by atoms with van der Waals surface area (Å²) in [5.41, 5.74) is 3.82. The van der Waals surface area contributed by atoms with Gasteiger partial charge in [0.1, 0.15) is 12.6 Å². The largest absolute Gasteiger partial charge is 0.343 e. The molecule has 0 unspecified atom stereocenters. The molecule has 0 heterocycles. The van der Waals surface area contributed by atoms with Gasteiger partial charge in [-0.1, -0.05) is 36.4 Å². The fourth-order valence-electron chi connectivity index (χ4n) is 2.74. The highest BCUT2D eigenvalue weighted by Gasteiger charge is 2.18. The Kier molecular flexibility index (Phi) is 6.92. The minimum absolute atomic E-state index is 0.0438. The summed E-state index contributed by atoms with van der Waals surface area (Å²) < 4.78 is 0. The van der Waals surface area contributed by atoms with Crippen LogP contribution in [0.2, 0.25) is 0 Å². The smallest absolute Gasteiger partial charge is 0.251 e. The average Bonchev–Trinajstić information content (AvgIpc) is 2.62. The van der Waals surface area contributed by atoms with Crippen LogP contribution in [0.25, 0.3) is 0 Å². The van der Waals surface area contributed by atoms with Gasteiger partial charge in [-0.05, 0) is 42.7 Å². The van der Waals surface area contributed by atoms with Crippen LogP contribution in [0.1, 0.15) is 33.1 Å². The maximum atomic E-state index is 12.3. The zero-order valence-corrected chi connectivity index (χ0v) is 15.9. The number of rotatable bonds is 7. The molecular formula is C21H28N3O2+. The van der Waals surface area contributed by atoms with Crippen molar-refractivity contribution < 1.29 is 14.5 Å². The van der Waals surface area contributed by atoms with E-state index in [1.54, 1.807) is 6.07 Å². The number of carbonyl (C=O) groups is 2. The third-order valence-corrected chi connectivity index (χ3v) is 4.33. The molecule has 2 aromatic rings.